The van der Waals surface area contributed by atoms with Crippen LogP contribution < -0.4 is 5.32 Å². The molecule has 1 aliphatic rings. The number of nitrogens with zero attached hydrogens (tertiary/aromatic N) is 5. The van der Waals surface area contributed by atoms with Gasteiger partial charge in [0.05, 0.1) is 18.8 Å². The second-order valence-electron chi connectivity index (χ2n) is 5.96. The summed E-state index contributed by atoms with van der Waals surface area (Å²) in [7, 11) is 0. The smallest absolute Gasteiger partial charge is 0.151 e. The molecule has 0 unspecified atom stereocenters. The summed E-state index contributed by atoms with van der Waals surface area (Å²) in [6.45, 7) is 9.62. The molecule has 1 N–H and O–H groups in total. The zero-order valence-corrected chi connectivity index (χ0v) is 12.6. The van der Waals surface area contributed by atoms with Gasteiger partial charge in [0.1, 0.15) is 12.2 Å². The van der Waals surface area contributed by atoms with E-state index in [2.05, 4.69) is 44.0 Å². The minimum atomic E-state index is 0.641. The number of rotatable bonds is 6. The van der Waals surface area contributed by atoms with Gasteiger partial charge in [-0.1, -0.05) is 19.0 Å². The van der Waals surface area contributed by atoms with E-state index >= 15 is 0 Å². The highest BCUT2D eigenvalue weighted by Gasteiger charge is 2.18. The molecule has 0 saturated heterocycles. The predicted octanol–water partition coefficient (Wildman–Crippen LogP) is 1.03. The lowest BCUT2D eigenvalue weighted by Gasteiger charge is -2.25. The maximum Gasteiger partial charge on any atom is 0.151 e. The molecule has 7 nitrogen and oxygen atoms in total. The van der Waals surface area contributed by atoms with Crippen LogP contribution in [0.4, 0.5) is 0 Å². The highest BCUT2D eigenvalue weighted by molar-refractivity contribution is 5.05. The Balaban J connectivity index is 1.51. The largest absolute Gasteiger partial charge is 0.360 e. The fraction of sp³-hybridized carbons (Fsp3) is 0.643. The third-order valence-corrected chi connectivity index (χ3v) is 3.56. The maximum absolute atomic E-state index is 5.42. The van der Waals surface area contributed by atoms with Crippen LogP contribution in [0, 0.1) is 5.92 Å². The molecule has 3 rings (SSSR count). The van der Waals surface area contributed by atoms with E-state index in [-0.39, 0.29) is 0 Å². The topological polar surface area (TPSA) is 72.0 Å². The second-order valence-corrected chi connectivity index (χ2v) is 5.96. The van der Waals surface area contributed by atoms with Crippen molar-refractivity contribution in [3.05, 3.63) is 29.7 Å². The Morgan fingerprint density at radius 3 is 3.14 bits per heavy atom. The first-order valence-electron chi connectivity index (χ1n) is 7.45. The van der Waals surface area contributed by atoms with Crippen molar-refractivity contribution in [3.63, 3.8) is 0 Å². The fourth-order valence-electron chi connectivity index (χ4n) is 2.47. The Labute approximate surface area is 124 Å². The van der Waals surface area contributed by atoms with Gasteiger partial charge >= 0.3 is 0 Å². The lowest BCUT2D eigenvalue weighted by molar-refractivity contribution is 0.186. The fourth-order valence-corrected chi connectivity index (χ4v) is 2.47. The summed E-state index contributed by atoms with van der Waals surface area (Å²) in [5, 5.41) is 15.6. The van der Waals surface area contributed by atoms with Crippen LogP contribution in [0.2, 0.25) is 0 Å². The van der Waals surface area contributed by atoms with Crippen molar-refractivity contribution in [2.75, 3.05) is 13.1 Å². The van der Waals surface area contributed by atoms with Crippen molar-refractivity contribution in [1.82, 2.24) is 30.1 Å². The van der Waals surface area contributed by atoms with Crippen molar-refractivity contribution in [3.8, 4) is 0 Å². The number of aromatic nitrogens is 4. The molecular formula is C14H22N6O. The summed E-state index contributed by atoms with van der Waals surface area (Å²) in [6, 6.07) is 2.03. The standard InChI is InChI=1S/C14H22N6O/c1-11(2)6-15-7-12-5-13(21-18-12)8-19-3-4-20-10-16-17-14(20)9-19/h5,10-11,15H,3-4,6-9H2,1-2H3. The molecule has 0 bridgehead atoms. The van der Waals surface area contributed by atoms with E-state index in [4.69, 9.17) is 4.52 Å². The van der Waals surface area contributed by atoms with Gasteiger partial charge in [-0.15, -0.1) is 10.2 Å². The van der Waals surface area contributed by atoms with Crippen LogP contribution in [0.25, 0.3) is 0 Å². The first kappa shape index (κ1) is 14.2. The molecule has 0 spiro atoms. The molecule has 3 heterocycles. The minimum Gasteiger partial charge on any atom is -0.360 e. The predicted molar refractivity (Wildman–Crippen MR) is 77.2 cm³/mol. The normalized spacial score (nSPS) is 15.6. The SMILES string of the molecule is CC(C)CNCc1cc(CN2CCn3cnnc3C2)on1. The average Bonchev–Trinajstić information content (AvgIpc) is 3.07. The molecule has 0 saturated carbocycles. The molecule has 1 aliphatic heterocycles. The van der Waals surface area contributed by atoms with Crippen molar-refractivity contribution >= 4 is 0 Å². The van der Waals surface area contributed by atoms with Gasteiger partial charge in [0.25, 0.3) is 0 Å². The second kappa shape index (κ2) is 6.36. The van der Waals surface area contributed by atoms with E-state index in [1.807, 2.05) is 6.07 Å². The number of nitrogens with one attached hydrogen (secondary N) is 1. The molecular weight excluding hydrogens is 268 g/mol. The van der Waals surface area contributed by atoms with Crippen molar-refractivity contribution in [2.45, 2.75) is 40.0 Å². The number of hydrogen-bond donors (Lipinski definition) is 1. The Bertz CT molecular complexity index is 576. The minimum absolute atomic E-state index is 0.641. The van der Waals surface area contributed by atoms with E-state index in [0.717, 1.165) is 56.5 Å². The van der Waals surface area contributed by atoms with Gasteiger partial charge in [-0.25, -0.2) is 0 Å². The maximum atomic E-state index is 5.42. The molecule has 0 fully saturated rings. The molecule has 0 atom stereocenters. The molecule has 21 heavy (non-hydrogen) atoms. The van der Waals surface area contributed by atoms with Gasteiger partial charge in [0, 0.05) is 25.7 Å². The van der Waals surface area contributed by atoms with Crippen molar-refractivity contribution < 1.29 is 4.52 Å². The van der Waals surface area contributed by atoms with E-state index in [1.165, 1.54) is 0 Å². The zero-order valence-electron chi connectivity index (χ0n) is 12.6. The van der Waals surface area contributed by atoms with Crippen LogP contribution in [0.1, 0.15) is 31.1 Å². The van der Waals surface area contributed by atoms with Gasteiger partial charge in [-0.2, -0.15) is 0 Å². The number of hydrogen-bond acceptors (Lipinski definition) is 6. The molecule has 0 radical (unpaired) electrons. The van der Waals surface area contributed by atoms with Gasteiger partial charge in [0.2, 0.25) is 0 Å². The van der Waals surface area contributed by atoms with Crippen LogP contribution in [-0.4, -0.2) is 37.9 Å². The molecule has 0 aromatic carbocycles. The van der Waals surface area contributed by atoms with E-state index < -0.39 is 0 Å². The Hall–Kier alpha value is -1.73. The quantitative estimate of drug-likeness (QED) is 0.856. The van der Waals surface area contributed by atoms with Gasteiger partial charge in [0.15, 0.2) is 5.76 Å². The first-order valence-corrected chi connectivity index (χ1v) is 7.45. The summed E-state index contributed by atoms with van der Waals surface area (Å²) < 4.78 is 7.52. The van der Waals surface area contributed by atoms with Crippen LogP contribution in [0.15, 0.2) is 16.9 Å². The third kappa shape index (κ3) is 3.68. The van der Waals surface area contributed by atoms with E-state index in [9.17, 15) is 0 Å². The van der Waals surface area contributed by atoms with Crippen molar-refractivity contribution in [1.29, 1.82) is 0 Å². The monoisotopic (exact) mass is 290 g/mol. The Kier molecular flexibility index (Phi) is 4.31. The highest BCUT2D eigenvalue weighted by atomic mass is 16.5. The van der Waals surface area contributed by atoms with Crippen molar-refractivity contribution in [2.24, 2.45) is 5.92 Å². The lowest BCUT2D eigenvalue weighted by atomic mass is 10.2. The molecule has 2 aromatic rings. The third-order valence-electron chi connectivity index (χ3n) is 3.56. The van der Waals surface area contributed by atoms with Crippen LogP contribution in [-0.2, 0) is 26.2 Å². The van der Waals surface area contributed by atoms with Crippen LogP contribution in [0.3, 0.4) is 0 Å². The highest BCUT2D eigenvalue weighted by Crippen LogP contribution is 2.14. The zero-order chi connectivity index (χ0) is 14.7. The van der Waals surface area contributed by atoms with E-state index in [1.54, 1.807) is 6.33 Å². The Morgan fingerprint density at radius 1 is 1.38 bits per heavy atom. The summed E-state index contributed by atoms with van der Waals surface area (Å²) in [4.78, 5) is 2.30. The first-order chi connectivity index (χ1) is 10.2. The van der Waals surface area contributed by atoms with Gasteiger partial charge in [-0.3, -0.25) is 4.90 Å². The number of fused-ring (bicyclic) bond motifs is 1. The summed E-state index contributed by atoms with van der Waals surface area (Å²) in [5.41, 5.74) is 0.964. The molecule has 0 aliphatic carbocycles. The molecule has 0 amide bonds. The Morgan fingerprint density at radius 2 is 2.29 bits per heavy atom. The lowest BCUT2D eigenvalue weighted by Crippen LogP contribution is -2.33. The molecule has 2 aromatic heterocycles. The summed E-state index contributed by atoms with van der Waals surface area (Å²) in [5.74, 6) is 2.56. The molecule has 7 heteroatoms. The average molecular weight is 290 g/mol. The molecule has 114 valence electrons. The summed E-state index contributed by atoms with van der Waals surface area (Å²) in [6.07, 6.45) is 1.79. The van der Waals surface area contributed by atoms with E-state index in [0.29, 0.717) is 5.92 Å². The summed E-state index contributed by atoms with van der Waals surface area (Å²) >= 11 is 0. The van der Waals surface area contributed by atoms with Crippen LogP contribution in [0.5, 0.6) is 0 Å². The van der Waals surface area contributed by atoms with Gasteiger partial charge in [-0.05, 0) is 12.5 Å². The van der Waals surface area contributed by atoms with Crippen LogP contribution >= 0.6 is 0 Å². The van der Waals surface area contributed by atoms with Gasteiger partial charge < -0.3 is 14.4 Å².